The Morgan fingerprint density at radius 1 is 1.36 bits per heavy atom. The zero-order valence-corrected chi connectivity index (χ0v) is 19.9. The Morgan fingerprint density at radius 2 is 2.12 bits per heavy atom. The molecule has 0 saturated heterocycles. The number of nitrogens with zero attached hydrogens (tertiary/aromatic N) is 2. The first kappa shape index (κ1) is 23.6. The summed E-state index contributed by atoms with van der Waals surface area (Å²) in [5.74, 6) is -0.190. The average Bonchev–Trinajstić information content (AvgIpc) is 3.19. The molecule has 1 aromatic heterocycles. The fraction of sp³-hybridized carbons (Fsp3) is 0.227. The molecule has 4 rings (SSSR count). The Kier molecular flexibility index (Phi) is 6.41. The summed E-state index contributed by atoms with van der Waals surface area (Å²) >= 11 is 12.2. The van der Waals surface area contributed by atoms with Crippen LogP contribution in [0.4, 0.5) is 10.1 Å². The number of sulfonamides is 1. The van der Waals surface area contributed by atoms with E-state index in [4.69, 9.17) is 27.9 Å². The van der Waals surface area contributed by atoms with Crippen molar-refractivity contribution in [1.29, 1.82) is 0 Å². The quantitative estimate of drug-likeness (QED) is 0.481. The number of benzene rings is 2. The van der Waals surface area contributed by atoms with Crippen LogP contribution in [0.1, 0.15) is 25.0 Å². The number of fused-ring (bicyclic) bond motifs is 1. The van der Waals surface area contributed by atoms with Crippen LogP contribution in [0, 0.1) is 5.82 Å². The molecule has 2 unspecified atom stereocenters. The van der Waals surface area contributed by atoms with Crippen LogP contribution in [-0.4, -0.2) is 42.5 Å². The highest BCUT2D eigenvalue weighted by Crippen LogP contribution is 2.40. The monoisotopic (exact) mass is 511 g/mol. The molecular weight excluding hydrogens is 492 g/mol. The highest BCUT2D eigenvalue weighted by Gasteiger charge is 2.38. The first-order valence-electron chi connectivity index (χ1n) is 9.92. The third-order valence-corrected chi connectivity index (χ3v) is 7.79. The number of allylic oxidation sites excluding steroid dienone is 1. The van der Waals surface area contributed by atoms with E-state index in [1.807, 2.05) is 0 Å². The number of hydrogen-bond acceptors (Lipinski definition) is 5. The maximum absolute atomic E-state index is 14.3. The minimum absolute atomic E-state index is 0.127. The lowest BCUT2D eigenvalue weighted by Gasteiger charge is -2.36. The topological polar surface area (TPSA) is 95.5 Å². The van der Waals surface area contributed by atoms with E-state index in [0.29, 0.717) is 11.1 Å². The van der Waals surface area contributed by atoms with Gasteiger partial charge in [-0.25, -0.2) is 12.8 Å². The first-order chi connectivity index (χ1) is 15.6. The molecule has 1 aliphatic rings. The molecule has 0 spiro atoms. The van der Waals surface area contributed by atoms with Crippen molar-refractivity contribution in [3.8, 4) is 5.75 Å². The highest BCUT2D eigenvalue weighted by molar-refractivity contribution is 7.93. The average molecular weight is 512 g/mol. The van der Waals surface area contributed by atoms with Crippen molar-refractivity contribution in [2.24, 2.45) is 0 Å². The van der Waals surface area contributed by atoms with Gasteiger partial charge < -0.3 is 9.84 Å². The molecule has 7 nitrogen and oxygen atoms in total. The number of aliphatic hydroxyl groups excluding tert-OH is 1. The predicted molar refractivity (Wildman–Crippen MR) is 126 cm³/mol. The fourth-order valence-electron chi connectivity index (χ4n) is 3.61. The molecule has 0 fully saturated rings. The molecule has 33 heavy (non-hydrogen) atoms. The van der Waals surface area contributed by atoms with Crippen molar-refractivity contribution in [3.63, 3.8) is 0 Å². The van der Waals surface area contributed by atoms with Gasteiger partial charge in [0.15, 0.2) is 0 Å². The lowest BCUT2D eigenvalue weighted by molar-refractivity contribution is 0.0503. The molecule has 3 aromatic rings. The largest absolute Gasteiger partial charge is 0.484 e. The van der Waals surface area contributed by atoms with E-state index in [1.165, 1.54) is 19.1 Å². The van der Waals surface area contributed by atoms with E-state index in [-0.39, 0.29) is 38.6 Å². The highest BCUT2D eigenvalue weighted by atomic mass is 35.5. The van der Waals surface area contributed by atoms with E-state index < -0.39 is 28.0 Å². The van der Waals surface area contributed by atoms with Crippen molar-refractivity contribution >= 4 is 50.6 Å². The molecule has 2 N–H and O–H groups in total. The van der Waals surface area contributed by atoms with Crippen molar-refractivity contribution in [2.75, 3.05) is 10.8 Å². The van der Waals surface area contributed by atoms with Gasteiger partial charge in [-0.15, -0.1) is 0 Å². The summed E-state index contributed by atoms with van der Waals surface area (Å²) in [6.07, 6.45) is 1.10. The summed E-state index contributed by atoms with van der Waals surface area (Å²) in [7, 11) is -4.13. The molecule has 0 amide bonds. The number of halogens is 3. The second-order valence-electron chi connectivity index (χ2n) is 7.63. The van der Waals surface area contributed by atoms with Crippen LogP contribution in [0.5, 0.6) is 5.75 Å². The van der Waals surface area contributed by atoms with Crippen LogP contribution in [0.25, 0.3) is 11.6 Å². The molecule has 2 aromatic carbocycles. The Labute approximate surface area is 200 Å². The zero-order chi connectivity index (χ0) is 23.9. The number of ether oxygens (including phenoxy) is 1. The molecule has 174 valence electrons. The summed E-state index contributed by atoms with van der Waals surface area (Å²) in [6.45, 7) is 3.09. The van der Waals surface area contributed by atoms with E-state index in [1.54, 1.807) is 37.3 Å². The van der Waals surface area contributed by atoms with Crippen molar-refractivity contribution in [1.82, 2.24) is 10.2 Å². The summed E-state index contributed by atoms with van der Waals surface area (Å²) in [4.78, 5) is -0.198. The van der Waals surface area contributed by atoms with Crippen LogP contribution in [0.2, 0.25) is 10.2 Å². The number of rotatable bonds is 5. The van der Waals surface area contributed by atoms with Gasteiger partial charge in [0.2, 0.25) is 0 Å². The molecular formula is C22H20Cl2FN3O4S. The zero-order valence-electron chi connectivity index (χ0n) is 17.6. The van der Waals surface area contributed by atoms with Crippen molar-refractivity contribution < 1.29 is 22.7 Å². The van der Waals surface area contributed by atoms with Gasteiger partial charge in [0.1, 0.15) is 27.7 Å². The number of nitrogens with one attached hydrogen (secondary N) is 1. The van der Waals surface area contributed by atoms with Gasteiger partial charge >= 0.3 is 0 Å². The van der Waals surface area contributed by atoms with Crippen LogP contribution in [0.15, 0.2) is 47.5 Å². The van der Waals surface area contributed by atoms with E-state index in [0.717, 1.165) is 10.5 Å². The summed E-state index contributed by atoms with van der Waals surface area (Å²) < 4.78 is 48.1. The van der Waals surface area contributed by atoms with Gasteiger partial charge in [0, 0.05) is 5.56 Å². The van der Waals surface area contributed by atoms with Crippen molar-refractivity contribution in [2.45, 2.75) is 31.0 Å². The Hall–Kier alpha value is -2.59. The van der Waals surface area contributed by atoms with Gasteiger partial charge in [0.25, 0.3) is 10.0 Å². The van der Waals surface area contributed by atoms with Crippen LogP contribution < -0.4 is 9.04 Å². The minimum atomic E-state index is -4.13. The van der Waals surface area contributed by atoms with Gasteiger partial charge in [0.05, 0.1) is 29.6 Å². The molecule has 11 heteroatoms. The van der Waals surface area contributed by atoms with Crippen LogP contribution in [-0.2, 0) is 10.0 Å². The lowest BCUT2D eigenvalue weighted by atomic mass is 10.0. The Bertz CT molecular complexity index is 1320. The number of aromatic nitrogens is 2. The summed E-state index contributed by atoms with van der Waals surface area (Å²) in [6, 6.07) is 9.35. The third kappa shape index (κ3) is 4.46. The van der Waals surface area contributed by atoms with Crippen molar-refractivity contribution in [3.05, 3.63) is 69.7 Å². The molecule has 2 heterocycles. The van der Waals surface area contributed by atoms with E-state index >= 15 is 0 Å². The van der Waals surface area contributed by atoms with Gasteiger partial charge in [-0.05, 0) is 49.2 Å². The normalized spacial score (nSPS) is 17.5. The molecule has 0 aliphatic carbocycles. The Balaban J connectivity index is 1.82. The SMILES string of the molecule is CC(=Cc1ccc2c(c1)N(S(=O)(=O)c1cn[nH]c1Cl)CC(C(C)O)O2)c1c(F)cccc1Cl. The minimum Gasteiger partial charge on any atom is -0.484 e. The number of anilines is 1. The van der Waals surface area contributed by atoms with Crippen LogP contribution >= 0.6 is 23.2 Å². The Morgan fingerprint density at radius 3 is 2.76 bits per heavy atom. The standard InChI is InChI=1S/C22H20Cl2FN3O4S/c1-12(21-15(23)4-3-5-16(21)25)8-14-6-7-18-17(9-14)28(11-19(32-18)13(2)29)33(30,31)20-10-26-27-22(20)24/h3-10,13,19,29H,11H2,1-2H3,(H,26,27). The second kappa shape index (κ2) is 8.98. The maximum atomic E-state index is 14.3. The number of aliphatic hydroxyl groups is 1. The molecule has 0 saturated carbocycles. The smallest absolute Gasteiger partial charge is 0.269 e. The first-order valence-corrected chi connectivity index (χ1v) is 12.1. The number of hydrogen-bond donors (Lipinski definition) is 2. The number of aromatic amines is 1. The molecule has 2 atom stereocenters. The van der Waals surface area contributed by atoms with Gasteiger partial charge in [-0.1, -0.05) is 41.4 Å². The van der Waals surface area contributed by atoms with Gasteiger partial charge in [-0.2, -0.15) is 5.10 Å². The van der Waals surface area contributed by atoms with Crippen LogP contribution in [0.3, 0.4) is 0 Å². The van der Waals surface area contributed by atoms with E-state index in [9.17, 15) is 17.9 Å². The lowest BCUT2D eigenvalue weighted by Crippen LogP contribution is -2.47. The molecule has 0 bridgehead atoms. The maximum Gasteiger partial charge on any atom is 0.269 e. The predicted octanol–water partition coefficient (Wildman–Crippen LogP) is 4.75. The number of H-pyrrole nitrogens is 1. The summed E-state index contributed by atoms with van der Waals surface area (Å²) in [5.41, 5.74) is 1.68. The molecule has 0 radical (unpaired) electrons. The third-order valence-electron chi connectivity index (χ3n) is 5.28. The van der Waals surface area contributed by atoms with E-state index in [2.05, 4.69) is 10.2 Å². The second-order valence-corrected chi connectivity index (χ2v) is 10.2. The van der Waals surface area contributed by atoms with Gasteiger partial charge in [-0.3, -0.25) is 9.40 Å². The summed E-state index contributed by atoms with van der Waals surface area (Å²) in [5, 5.41) is 16.3. The fourth-order valence-corrected chi connectivity index (χ4v) is 5.76. The molecule has 1 aliphatic heterocycles.